The van der Waals surface area contributed by atoms with Crippen LogP contribution in [0.3, 0.4) is 0 Å². The van der Waals surface area contributed by atoms with Crippen molar-refractivity contribution < 1.29 is 27.9 Å². The van der Waals surface area contributed by atoms with E-state index in [1.165, 1.54) is 13.2 Å². The second kappa shape index (κ2) is 9.70. The Bertz CT molecular complexity index is 1260. The van der Waals surface area contributed by atoms with Gasteiger partial charge in [-0.3, -0.25) is 14.4 Å². The third-order valence-corrected chi connectivity index (χ3v) is 5.45. The Kier molecular flexibility index (Phi) is 6.53. The van der Waals surface area contributed by atoms with Crippen LogP contribution in [0.2, 0.25) is 0 Å². The summed E-state index contributed by atoms with van der Waals surface area (Å²) in [6.07, 6.45) is -0.138. The molecule has 0 saturated carbocycles. The number of hydrogen-bond donors (Lipinski definition) is 2. The average molecular weight is 465 g/mol. The van der Waals surface area contributed by atoms with E-state index in [4.69, 9.17) is 4.74 Å². The molecule has 1 aliphatic heterocycles. The third-order valence-electron chi connectivity index (χ3n) is 5.45. The van der Waals surface area contributed by atoms with E-state index in [-0.39, 0.29) is 29.9 Å². The first kappa shape index (κ1) is 22.9. The molecule has 9 heteroatoms. The number of para-hydroxylation sites is 1. The van der Waals surface area contributed by atoms with Crippen molar-refractivity contribution in [3.8, 4) is 5.75 Å². The van der Waals surface area contributed by atoms with Crippen molar-refractivity contribution in [2.75, 3.05) is 29.2 Å². The van der Waals surface area contributed by atoms with Gasteiger partial charge in [-0.15, -0.1) is 0 Å². The first-order chi connectivity index (χ1) is 16.4. The number of nitrogens with zero attached hydrogens (tertiary/aromatic N) is 1. The van der Waals surface area contributed by atoms with Crippen molar-refractivity contribution in [3.63, 3.8) is 0 Å². The summed E-state index contributed by atoms with van der Waals surface area (Å²) < 4.78 is 32.5. The zero-order valence-corrected chi connectivity index (χ0v) is 18.2. The van der Waals surface area contributed by atoms with Crippen molar-refractivity contribution in [3.05, 3.63) is 83.9 Å². The highest BCUT2D eigenvalue weighted by molar-refractivity contribution is 6.11. The van der Waals surface area contributed by atoms with Crippen molar-refractivity contribution in [2.24, 2.45) is 5.92 Å². The molecule has 3 aromatic rings. The van der Waals surface area contributed by atoms with E-state index < -0.39 is 35.3 Å². The van der Waals surface area contributed by atoms with Crippen LogP contribution in [0.25, 0.3) is 0 Å². The van der Waals surface area contributed by atoms with Gasteiger partial charge in [-0.1, -0.05) is 18.2 Å². The molecule has 7 nitrogen and oxygen atoms in total. The Morgan fingerprint density at radius 3 is 2.56 bits per heavy atom. The Labute approximate surface area is 194 Å². The fourth-order valence-electron chi connectivity index (χ4n) is 3.74. The van der Waals surface area contributed by atoms with Gasteiger partial charge in [0.1, 0.15) is 17.4 Å². The third kappa shape index (κ3) is 4.88. The molecule has 4 rings (SSSR count). The van der Waals surface area contributed by atoms with Gasteiger partial charge in [0.25, 0.3) is 5.91 Å². The van der Waals surface area contributed by atoms with Crippen LogP contribution in [0.4, 0.5) is 25.8 Å². The van der Waals surface area contributed by atoms with Crippen LogP contribution in [0, 0.1) is 17.6 Å². The minimum Gasteiger partial charge on any atom is -0.497 e. The van der Waals surface area contributed by atoms with Gasteiger partial charge in [0.15, 0.2) is 0 Å². The van der Waals surface area contributed by atoms with Crippen molar-refractivity contribution in [1.29, 1.82) is 0 Å². The molecular weight excluding hydrogens is 444 g/mol. The molecule has 1 heterocycles. The van der Waals surface area contributed by atoms with E-state index in [9.17, 15) is 23.2 Å². The van der Waals surface area contributed by atoms with Gasteiger partial charge >= 0.3 is 0 Å². The molecule has 2 N–H and O–H groups in total. The molecule has 174 valence electrons. The quantitative estimate of drug-likeness (QED) is 0.571. The summed E-state index contributed by atoms with van der Waals surface area (Å²) in [5, 5.41) is 5.46. The molecule has 1 fully saturated rings. The van der Waals surface area contributed by atoms with Crippen LogP contribution >= 0.6 is 0 Å². The fourth-order valence-corrected chi connectivity index (χ4v) is 3.74. The van der Waals surface area contributed by atoms with Crippen LogP contribution in [-0.4, -0.2) is 31.4 Å². The summed E-state index contributed by atoms with van der Waals surface area (Å²) in [6, 6.07) is 16.2. The molecule has 1 saturated heterocycles. The molecule has 0 aliphatic carbocycles. The molecular formula is C25H21F2N3O4. The molecule has 1 unspecified atom stereocenters. The lowest BCUT2D eigenvalue weighted by atomic mass is 10.1. The maximum atomic E-state index is 14.1. The second-order valence-corrected chi connectivity index (χ2v) is 7.72. The maximum Gasteiger partial charge on any atom is 0.257 e. The smallest absolute Gasteiger partial charge is 0.257 e. The number of benzene rings is 3. The predicted octanol–water partition coefficient (Wildman–Crippen LogP) is 4.22. The number of halogens is 2. The number of ether oxygens (including phenoxy) is 1. The Hall–Kier alpha value is -4.27. The largest absolute Gasteiger partial charge is 0.497 e. The fraction of sp³-hybridized carbons (Fsp3) is 0.160. The number of rotatable bonds is 6. The normalized spacial score (nSPS) is 15.2. The van der Waals surface area contributed by atoms with Crippen LogP contribution in [-0.2, 0) is 9.59 Å². The second-order valence-electron chi connectivity index (χ2n) is 7.72. The van der Waals surface area contributed by atoms with E-state index in [0.717, 1.165) is 11.0 Å². The SMILES string of the molecule is COc1cccc(NC(=O)c2ccccc2NC(=O)C2CC(=O)N(c3ccc(F)cc3F)C2)c1. The molecule has 0 bridgehead atoms. The molecule has 0 spiro atoms. The zero-order valence-electron chi connectivity index (χ0n) is 18.2. The number of hydrogen-bond acceptors (Lipinski definition) is 4. The lowest BCUT2D eigenvalue weighted by Crippen LogP contribution is -2.29. The number of carbonyl (C=O) groups excluding carboxylic acids is 3. The van der Waals surface area contributed by atoms with Gasteiger partial charge in [0.05, 0.1) is 30.0 Å². The monoisotopic (exact) mass is 465 g/mol. The van der Waals surface area contributed by atoms with E-state index in [1.54, 1.807) is 48.5 Å². The van der Waals surface area contributed by atoms with Gasteiger partial charge < -0.3 is 20.3 Å². The van der Waals surface area contributed by atoms with E-state index in [0.29, 0.717) is 17.5 Å². The topological polar surface area (TPSA) is 87.7 Å². The van der Waals surface area contributed by atoms with Crippen LogP contribution in [0.15, 0.2) is 66.7 Å². The number of amides is 3. The number of carbonyl (C=O) groups is 3. The predicted molar refractivity (Wildman–Crippen MR) is 123 cm³/mol. The first-order valence-corrected chi connectivity index (χ1v) is 10.5. The Balaban J connectivity index is 1.47. The average Bonchev–Trinajstić information content (AvgIpc) is 3.21. The number of anilines is 3. The summed E-state index contributed by atoms with van der Waals surface area (Å²) in [5.41, 5.74) is 0.930. The number of methoxy groups -OCH3 is 1. The van der Waals surface area contributed by atoms with Gasteiger partial charge in [-0.05, 0) is 36.4 Å². The lowest BCUT2D eigenvalue weighted by Gasteiger charge is -2.18. The minimum absolute atomic E-state index is 0.0641. The number of nitrogens with one attached hydrogen (secondary N) is 2. The van der Waals surface area contributed by atoms with Gasteiger partial charge in [-0.25, -0.2) is 8.78 Å². The zero-order chi connectivity index (χ0) is 24.2. The summed E-state index contributed by atoms with van der Waals surface area (Å²) >= 11 is 0. The summed E-state index contributed by atoms with van der Waals surface area (Å²) in [7, 11) is 1.52. The van der Waals surface area contributed by atoms with Gasteiger partial charge in [0, 0.05) is 30.8 Å². The molecule has 34 heavy (non-hydrogen) atoms. The Morgan fingerprint density at radius 2 is 1.79 bits per heavy atom. The van der Waals surface area contributed by atoms with Crippen molar-refractivity contribution >= 4 is 34.8 Å². The minimum atomic E-state index is -0.881. The maximum absolute atomic E-state index is 14.1. The van der Waals surface area contributed by atoms with E-state index >= 15 is 0 Å². The van der Waals surface area contributed by atoms with E-state index in [1.807, 2.05) is 0 Å². The molecule has 3 aromatic carbocycles. The van der Waals surface area contributed by atoms with Gasteiger partial charge in [-0.2, -0.15) is 0 Å². The highest BCUT2D eigenvalue weighted by Gasteiger charge is 2.36. The highest BCUT2D eigenvalue weighted by atomic mass is 19.1. The van der Waals surface area contributed by atoms with E-state index in [2.05, 4.69) is 10.6 Å². The standard InChI is InChI=1S/C25H21F2N3O4/c1-34-18-6-4-5-17(13-18)28-25(33)19-7-2-3-8-21(19)29-24(32)15-11-23(31)30(14-15)22-10-9-16(26)12-20(22)27/h2-10,12-13,15H,11,14H2,1H3,(H,28,33)(H,29,32). The molecule has 0 radical (unpaired) electrons. The van der Waals surface area contributed by atoms with Crippen molar-refractivity contribution in [1.82, 2.24) is 0 Å². The molecule has 3 amide bonds. The lowest BCUT2D eigenvalue weighted by molar-refractivity contribution is -0.122. The Morgan fingerprint density at radius 1 is 1.00 bits per heavy atom. The molecule has 1 aliphatic rings. The summed E-state index contributed by atoms with van der Waals surface area (Å²) in [4.78, 5) is 39.3. The van der Waals surface area contributed by atoms with Gasteiger partial charge in [0.2, 0.25) is 11.8 Å². The first-order valence-electron chi connectivity index (χ1n) is 10.5. The summed E-state index contributed by atoms with van der Waals surface area (Å²) in [6.45, 7) is -0.0641. The van der Waals surface area contributed by atoms with Crippen LogP contribution < -0.4 is 20.3 Å². The van der Waals surface area contributed by atoms with Crippen LogP contribution in [0.1, 0.15) is 16.8 Å². The highest BCUT2D eigenvalue weighted by Crippen LogP contribution is 2.29. The van der Waals surface area contributed by atoms with Crippen LogP contribution in [0.5, 0.6) is 5.75 Å². The summed E-state index contributed by atoms with van der Waals surface area (Å²) in [5.74, 6) is -3.21. The molecule has 0 aromatic heterocycles. The van der Waals surface area contributed by atoms with Crippen molar-refractivity contribution in [2.45, 2.75) is 6.42 Å². The molecule has 1 atom stereocenters.